The fourth-order valence-electron chi connectivity index (χ4n) is 7.62. The lowest BCUT2D eigenvalue weighted by atomic mass is 9.80. The zero-order valence-corrected chi connectivity index (χ0v) is 25.8. The molecule has 2 atom stereocenters. The number of hydrogen-bond acceptors (Lipinski definition) is 8. The molecule has 3 aliphatic rings. The predicted molar refractivity (Wildman–Crippen MR) is 167 cm³/mol. The van der Waals surface area contributed by atoms with E-state index in [4.69, 9.17) is 9.72 Å². The van der Waals surface area contributed by atoms with Gasteiger partial charge in [0.1, 0.15) is 41.4 Å². The van der Waals surface area contributed by atoms with Gasteiger partial charge in [-0.3, -0.25) is 14.7 Å². The largest absolute Gasteiger partial charge is 0.508 e. The van der Waals surface area contributed by atoms with Gasteiger partial charge in [0.05, 0.1) is 16.3 Å². The number of phenols is 1. The SMILES string of the molecule is CCc1c(F)ccc2cc(O)cc(-c3ncc4c(N5CCC(C)(C(=O)O)CC5)nc(OC[C@@]56CCCN5C[C@H](F)C6)nc4c3F)c12. The number of carboxylic acid groups (broad SMARTS) is 1. The first-order chi connectivity index (χ1) is 22.0. The second-order valence-corrected chi connectivity index (χ2v) is 13.2. The van der Waals surface area contributed by atoms with Crippen LogP contribution in [0.1, 0.15) is 51.5 Å². The van der Waals surface area contributed by atoms with E-state index < -0.39 is 34.7 Å². The zero-order valence-electron chi connectivity index (χ0n) is 25.8. The molecule has 5 heterocycles. The number of alkyl halides is 1. The highest BCUT2D eigenvalue weighted by Gasteiger charge is 2.49. The van der Waals surface area contributed by atoms with Crippen molar-refractivity contribution in [2.75, 3.05) is 37.7 Å². The van der Waals surface area contributed by atoms with Gasteiger partial charge in [0, 0.05) is 37.8 Å². The maximum Gasteiger partial charge on any atom is 0.319 e. The molecular formula is C34H36F3N5O4. The number of fused-ring (bicyclic) bond motifs is 3. The first-order valence-corrected chi connectivity index (χ1v) is 15.8. The zero-order chi connectivity index (χ0) is 32.4. The summed E-state index contributed by atoms with van der Waals surface area (Å²) in [5.41, 5.74) is -0.955. The third-order valence-electron chi connectivity index (χ3n) is 10.3. The summed E-state index contributed by atoms with van der Waals surface area (Å²) >= 11 is 0. The predicted octanol–water partition coefficient (Wildman–Crippen LogP) is 6.04. The molecule has 0 amide bonds. The second-order valence-electron chi connectivity index (χ2n) is 13.2. The van der Waals surface area contributed by atoms with Gasteiger partial charge in [-0.15, -0.1) is 0 Å². The molecule has 2 N–H and O–H groups in total. The number of hydrogen-bond donors (Lipinski definition) is 2. The highest BCUT2D eigenvalue weighted by molar-refractivity contribution is 6.01. The number of aromatic nitrogens is 3. The lowest BCUT2D eigenvalue weighted by molar-refractivity contribution is -0.149. The Morgan fingerprint density at radius 3 is 2.65 bits per heavy atom. The Hall–Kier alpha value is -4.19. The summed E-state index contributed by atoms with van der Waals surface area (Å²) in [6.07, 6.45) is 3.61. The second kappa shape index (κ2) is 11.3. The van der Waals surface area contributed by atoms with Crippen molar-refractivity contribution in [2.45, 2.75) is 64.1 Å². The van der Waals surface area contributed by atoms with Crippen LogP contribution in [0.25, 0.3) is 32.9 Å². The van der Waals surface area contributed by atoms with Crippen LogP contribution < -0.4 is 9.64 Å². The average Bonchev–Trinajstić information content (AvgIpc) is 3.56. The number of aromatic hydroxyl groups is 1. The van der Waals surface area contributed by atoms with Crippen LogP contribution in [0, 0.1) is 17.0 Å². The van der Waals surface area contributed by atoms with E-state index in [2.05, 4.69) is 14.9 Å². The number of rotatable bonds is 7. The Bertz CT molecular complexity index is 1860. The number of anilines is 1. The number of nitrogens with zero attached hydrogens (tertiary/aromatic N) is 5. The number of pyridine rings is 1. The molecule has 9 nitrogen and oxygen atoms in total. The van der Waals surface area contributed by atoms with Crippen LogP contribution in [0.5, 0.6) is 11.8 Å². The molecule has 46 heavy (non-hydrogen) atoms. The summed E-state index contributed by atoms with van der Waals surface area (Å²) in [6.45, 7) is 5.51. The number of halogens is 3. The van der Waals surface area contributed by atoms with Gasteiger partial charge in [-0.2, -0.15) is 9.97 Å². The molecular weight excluding hydrogens is 599 g/mol. The van der Waals surface area contributed by atoms with E-state index in [1.807, 2.05) is 4.90 Å². The molecule has 3 saturated heterocycles. The van der Waals surface area contributed by atoms with Crippen molar-refractivity contribution >= 4 is 33.5 Å². The lowest BCUT2D eigenvalue weighted by Crippen LogP contribution is -2.44. The smallest absolute Gasteiger partial charge is 0.319 e. The first-order valence-electron chi connectivity index (χ1n) is 15.8. The van der Waals surface area contributed by atoms with Crippen molar-refractivity contribution in [3.63, 3.8) is 0 Å². The van der Waals surface area contributed by atoms with E-state index >= 15 is 4.39 Å². The fourth-order valence-corrected chi connectivity index (χ4v) is 7.62. The Balaban J connectivity index is 1.36. The maximum atomic E-state index is 16.8. The standard InChI is InChI=1S/C34H36F3N5O4/c1-3-22-25(36)6-5-19-13-21(43)14-23(26(19)22)28-27(37)29-24(16-38-28)30(41-11-8-33(2,9-12-41)31(44)45)40-32(39-29)46-18-34-7-4-10-42(34)17-20(35)15-34/h5-6,13-14,16,20,43H,3-4,7-12,15,17-18H2,1-2H3,(H,44,45)/t20-,34+/m1/s1. The quantitative estimate of drug-likeness (QED) is 0.251. The number of aliphatic carboxylic acids is 1. The van der Waals surface area contributed by atoms with Gasteiger partial charge in [0.2, 0.25) is 0 Å². The molecule has 0 aliphatic carbocycles. The molecule has 12 heteroatoms. The summed E-state index contributed by atoms with van der Waals surface area (Å²) in [7, 11) is 0. The number of benzene rings is 2. The Kier molecular flexibility index (Phi) is 7.45. The van der Waals surface area contributed by atoms with E-state index in [1.165, 1.54) is 30.5 Å². The minimum atomic E-state index is -0.949. The van der Waals surface area contributed by atoms with Crippen LogP contribution in [0.2, 0.25) is 0 Å². The molecule has 0 spiro atoms. The lowest BCUT2D eigenvalue weighted by Gasteiger charge is -2.37. The number of phenolic OH excluding ortho intramolecular Hbond substituents is 1. The molecule has 0 radical (unpaired) electrons. The van der Waals surface area contributed by atoms with Crippen molar-refractivity contribution < 1.29 is 32.9 Å². The molecule has 0 unspecified atom stereocenters. The van der Waals surface area contributed by atoms with E-state index in [-0.39, 0.29) is 35.1 Å². The molecule has 7 rings (SSSR count). The highest BCUT2D eigenvalue weighted by atomic mass is 19.1. The average molecular weight is 636 g/mol. The van der Waals surface area contributed by atoms with Gasteiger partial charge in [0.15, 0.2) is 5.82 Å². The first kappa shape index (κ1) is 30.5. The van der Waals surface area contributed by atoms with Crippen LogP contribution in [0.15, 0.2) is 30.5 Å². The third kappa shape index (κ3) is 4.97. The topological polar surface area (TPSA) is 112 Å². The van der Waals surface area contributed by atoms with Crippen LogP contribution >= 0.6 is 0 Å². The molecule has 2 aromatic heterocycles. The van der Waals surface area contributed by atoms with Crippen molar-refractivity contribution in [2.24, 2.45) is 5.41 Å². The van der Waals surface area contributed by atoms with Crippen LogP contribution in [-0.4, -0.2) is 80.5 Å². The number of carboxylic acids is 1. The van der Waals surface area contributed by atoms with Crippen molar-refractivity contribution in [1.82, 2.24) is 19.9 Å². The number of piperidine rings is 1. The van der Waals surface area contributed by atoms with E-state index in [9.17, 15) is 23.8 Å². The highest BCUT2D eigenvalue weighted by Crippen LogP contribution is 2.42. The number of carbonyl (C=O) groups is 1. The maximum absolute atomic E-state index is 16.8. The van der Waals surface area contributed by atoms with Gasteiger partial charge in [-0.05, 0) is 80.1 Å². The molecule has 2 aromatic carbocycles. The summed E-state index contributed by atoms with van der Waals surface area (Å²) < 4.78 is 52.3. The van der Waals surface area contributed by atoms with Crippen molar-refractivity contribution in [1.29, 1.82) is 0 Å². The Morgan fingerprint density at radius 2 is 1.91 bits per heavy atom. The summed E-state index contributed by atoms with van der Waals surface area (Å²) in [5.74, 6) is -1.86. The Labute approximate surface area is 264 Å². The molecule has 4 aromatic rings. The van der Waals surface area contributed by atoms with Gasteiger partial charge < -0.3 is 19.8 Å². The van der Waals surface area contributed by atoms with Gasteiger partial charge in [-0.1, -0.05) is 13.0 Å². The molecule has 3 aliphatic heterocycles. The van der Waals surface area contributed by atoms with E-state index in [0.717, 1.165) is 19.4 Å². The minimum Gasteiger partial charge on any atom is -0.508 e. The van der Waals surface area contributed by atoms with Gasteiger partial charge in [-0.25, -0.2) is 13.2 Å². The van der Waals surface area contributed by atoms with E-state index in [1.54, 1.807) is 13.8 Å². The molecule has 0 saturated carbocycles. The van der Waals surface area contributed by atoms with Gasteiger partial charge in [0.25, 0.3) is 0 Å². The summed E-state index contributed by atoms with van der Waals surface area (Å²) in [5, 5.41) is 21.6. The van der Waals surface area contributed by atoms with E-state index in [0.29, 0.717) is 72.9 Å². The van der Waals surface area contributed by atoms with Crippen LogP contribution in [0.4, 0.5) is 19.0 Å². The monoisotopic (exact) mass is 635 g/mol. The summed E-state index contributed by atoms with van der Waals surface area (Å²) in [4.78, 5) is 29.6. The molecule has 0 bridgehead atoms. The number of ether oxygens (including phenoxy) is 1. The summed E-state index contributed by atoms with van der Waals surface area (Å²) in [6, 6.07) is 5.66. The fraction of sp³-hybridized carbons (Fsp3) is 0.471. The third-order valence-corrected chi connectivity index (χ3v) is 10.3. The van der Waals surface area contributed by atoms with Gasteiger partial charge >= 0.3 is 12.0 Å². The van der Waals surface area contributed by atoms with Crippen molar-refractivity contribution in [3.05, 3.63) is 47.7 Å². The normalized spacial score (nSPS) is 22.9. The van der Waals surface area contributed by atoms with Crippen molar-refractivity contribution in [3.8, 4) is 23.0 Å². The number of aryl methyl sites for hydroxylation is 1. The Morgan fingerprint density at radius 1 is 1.13 bits per heavy atom. The molecule has 242 valence electrons. The van der Waals surface area contributed by atoms with Crippen LogP contribution in [-0.2, 0) is 11.2 Å². The molecule has 3 fully saturated rings. The minimum absolute atomic E-state index is 0.0712. The van der Waals surface area contributed by atoms with Crippen LogP contribution in [0.3, 0.4) is 0 Å².